The molecule has 0 amide bonds. The number of guanidine groups is 1. The summed E-state index contributed by atoms with van der Waals surface area (Å²) in [4.78, 5) is 6.89. The van der Waals surface area contributed by atoms with E-state index in [0.717, 1.165) is 19.0 Å². The van der Waals surface area contributed by atoms with E-state index in [2.05, 4.69) is 9.89 Å². The SMILES string of the molecule is NC(=NC1CCCC1)N1CC2CCC(C1)O2. The van der Waals surface area contributed by atoms with Crippen molar-refractivity contribution < 1.29 is 4.74 Å². The topological polar surface area (TPSA) is 50.8 Å². The van der Waals surface area contributed by atoms with E-state index >= 15 is 0 Å². The molecule has 0 aromatic heterocycles. The molecule has 2 atom stereocenters. The number of hydrogen-bond acceptors (Lipinski definition) is 2. The van der Waals surface area contributed by atoms with Gasteiger partial charge in [-0.05, 0) is 25.7 Å². The summed E-state index contributed by atoms with van der Waals surface area (Å²) in [5, 5.41) is 0. The number of likely N-dealkylation sites (tertiary alicyclic amines) is 1. The monoisotopic (exact) mass is 223 g/mol. The van der Waals surface area contributed by atoms with Gasteiger partial charge in [0.2, 0.25) is 0 Å². The average Bonchev–Trinajstić information content (AvgIpc) is 2.89. The molecule has 16 heavy (non-hydrogen) atoms. The predicted molar refractivity (Wildman–Crippen MR) is 63.3 cm³/mol. The first-order chi connectivity index (χ1) is 7.81. The molecule has 4 heteroatoms. The van der Waals surface area contributed by atoms with Gasteiger partial charge in [-0.1, -0.05) is 12.8 Å². The maximum absolute atomic E-state index is 6.10. The Morgan fingerprint density at radius 2 is 1.69 bits per heavy atom. The van der Waals surface area contributed by atoms with Crippen molar-refractivity contribution in [2.45, 2.75) is 56.8 Å². The van der Waals surface area contributed by atoms with Gasteiger partial charge in [-0.15, -0.1) is 0 Å². The fraction of sp³-hybridized carbons (Fsp3) is 0.917. The van der Waals surface area contributed by atoms with Crippen molar-refractivity contribution in [1.29, 1.82) is 0 Å². The number of nitrogens with zero attached hydrogens (tertiary/aromatic N) is 2. The third-order valence-corrected chi connectivity index (χ3v) is 4.01. The highest BCUT2D eigenvalue weighted by Gasteiger charge is 2.34. The highest BCUT2D eigenvalue weighted by molar-refractivity contribution is 5.78. The Morgan fingerprint density at radius 3 is 2.31 bits per heavy atom. The molecule has 2 heterocycles. The van der Waals surface area contributed by atoms with Gasteiger partial charge in [0.25, 0.3) is 0 Å². The van der Waals surface area contributed by atoms with Crippen LogP contribution in [0.15, 0.2) is 4.99 Å². The van der Waals surface area contributed by atoms with E-state index in [4.69, 9.17) is 10.5 Å². The Hall–Kier alpha value is -0.770. The van der Waals surface area contributed by atoms with Crippen LogP contribution in [0.25, 0.3) is 0 Å². The lowest BCUT2D eigenvalue weighted by Gasteiger charge is -2.33. The van der Waals surface area contributed by atoms with Gasteiger partial charge in [-0.2, -0.15) is 0 Å². The molecule has 3 rings (SSSR count). The number of fused-ring (bicyclic) bond motifs is 2. The molecule has 2 bridgehead atoms. The Kier molecular flexibility index (Phi) is 2.75. The molecule has 4 nitrogen and oxygen atoms in total. The van der Waals surface area contributed by atoms with E-state index < -0.39 is 0 Å². The fourth-order valence-corrected chi connectivity index (χ4v) is 3.10. The van der Waals surface area contributed by atoms with E-state index in [1.165, 1.54) is 38.5 Å². The van der Waals surface area contributed by atoms with Crippen LogP contribution >= 0.6 is 0 Å². The van der Waals surface area contributed by atoms with Crippen molar-refractivity contribution in [1.82, 2.24) is 4.90 Å². The van der Waals surface area contributed by atoms with Gasteiger partial charge in [0.05, 0.1) is 18.2 Å². The van der Waals surface area contributed by atoms with Crippen molar-refractivity contribution >= 4 is 5.96 Å². The first kappa shape index (κ1) is 10.4. The normalized spacial score (nSPS) is 36.0. The van der Waals surface area contributed by atoms with Crippen molar-refractivity contribution in [3.8, 4) is 0 Å². The van der Waals surface area contributed by atoms with Crippen LogP contribution in [-0.4, -0.2) is 42.2 Å². The standard InChI is InChI=1S/C12H21N3O/c13-12(14-9-3-1-2-4-9)15-7-10-5-6-11(8-15)16-10/h9-11H,1-8H2,(H2,13,14). The molecule has 2 unspecified atom stereocenters. The first-order valence-electron chi connectivity index (χ1n) is 6.55. The van der Waals surface area contributed by atoms with Crippen LogP contribution in [0.4, 0.5) is 0 Å². The van der Waals surface area contributed by atoms with Crippen LogP contribution in [0.2, 0.25) is 0 Å². The summed E-state index contributed by atoms with van der Waals surface area (Å²) in [7, 11) is 0. The minimum Gasteiger partial charge on any atom is -0.371 e. The first-order valence-corrected chi connectivity index (χ1v) is 6.55. The number of nitrogens with two attached hydrogens (primary N) is 1. The smallest absolute Gasteiger partial charge is 0.191 e. The van der Waals surface area contributed by atoms with Crippen molar-refractivity contribution in [2.24, 2.45) is 10.7 Å². The van der Waals surface area contributed by atoms with E-state index in [1.807, 2.05) is 0 Å². The predicted octanol–water partition coefficient (Wildman–Crippen LogP) is 1.11. The summed E-state index contributed by atoms with van der Waals surface area (Å²) < 4.78 is 5.80. The quantitative estimate of drug-likeness (QED) is 0.535. The Labute approximate surface area is 96.8 Å². The van der Waals surface area contributed by atoms with Crippen LogP contribution in [-0.2, 0) is 4.74 Å². The third kappa shape index (κ3) is 2.03. The lowest BCUT2D eigenvalue weighted by atomic mass is 10.2. The molecule has 90 valence electrons. The van der Waals surface area contributed by atoms with Crippen LogP contribution < -0.4 is 5.73 Å². The van der Waals surface area contributed by atoms with Gasteiger partial charge in [-0.3, -0.25) is 0 Å². The lowest BCUT2D eigenvalue weighted by Crippen LogP contribution is -2.49. The van der Waals surface area contributed by atoms with E-state index in [-0.39, 0.29) is 0 Å². The summed E-state index contributed by atoms with van der Waals surface area (Å²) in [6, 6.07) is 0.487. The maximum Gasteiger partial charge on any atom is 0.191 e. The molecule has 1 saturated carbocycles. The number of hydrogen-bond donors (Lipinski definition) is 1. The largest absolute Gasteiger partial charge is 0.371 e. The highest BCUT2D eigenvalue weighted by Crippen LogP contribution is 2.26. The molecule has 2 aliphatic heterocycles. The second-order valence-electron chi connectivity index (χ2n) is 5.29. The van der Waals surface area contributed by atoms with Crippen molar-refractivity contribution in [3.63, 3.8) is 0 Å². The number of morpholine rings is 1. The van der Waals surface area contributed by atoms with Crippen LogP contribution in [0.5, 0.6) is 0 Å². The maximum atomic E-state index is 6.10. The van der Waals surface area contributed by atoms with E-state index in [1.54, 1.807) is 0 Å². The molecule has 3 aliphatic rings. The van der Waals surface area contributed by atoms with E-state index in [0.29, 0.717) is 18.2 Å². The zero-order chi connectivity index (χ0) is 11.0. The zero-order valence-electron chi connectivity index (χ0n) is 9.77. The fourth-order valence-electron chi connectivity index (χ4n) is 3.10. The second kappa shape index (κ2) is 4.24. The minimum absolute atomic E-state index is 0.399. The van der Waals surface area contributed by atoms with Gasteiger partial charge in [0.15, 0.2) is 5.96 Å². The Balaban J connectivity index is 1.63. The number of ether oxygens (including phenoxy) is 1. The van der Waals surface area contributed by atoms with Crippen LogP contribution in [0.1, 0.15) is 38.5 Å². The van der Waals surface area contributed by atoms with Gasteiger partial charge in [-0.25, -0.2) is 4.99 Å². The van der Waals surface area contributed by atoms with Gasteiger partial charge in [0.1, 0.15) is 0 Å². The number of rotatable bonds is 1. The third-order valence-electron chi connectivity index (χ3n) is 4.01. The summed E-state index contributed by atoms with van der Waals surface area (Å²) in [6.45, 7) is 1.89. The minimum atomic E-state index is 0.399. The molecular formula is C12H21N3O. The molecule has 1 aliphatic carbocycles. The second-order valence-corrected chi connectivity index (χ2v) is 5.29. The summed E-state index contributed by atoms with van der Waals surface area (Å²) in [5.41, 5.74) is 6.10. The Bertz CT molecular complexity index is 274. The van der Waals surface area contributed by atoms with Gasteiger partial charge in [0, 0.05) is 13.1 Å². The molecule has 2 saturated heterocycles. The molecular weight excluding hydrogens is 202 g/mol. The van der Waals surface area contributed by atoms with Crippen LogP contribution in [0.3, 0.4) is 0 Å². The summed E-state index contributed by atoms with van der Waals surface area (Å²) in [5.74, 6) is 0.757. The number of aliphatic imine (C=N–C) groups is 1. The Morgan fingerprint density at radius 1 is 1.06 bits per heavy atom. The van der Waals surface area contributed by atoms with Crippen molar-refractivity contribution in [2.75, 3.05) is 13.1 Å². The molecule has 0 spiro atoms. The average molecular weight is 223 g/mol. The molecule has 0 aromatic rings. The summed E-state index contributed by atoms with van der Waals surface area (Å²) in [6.07, 6.45) is 8.25. The molecule has 0 aromatic carbocycles. The molecule has 0 radical (unpaired) electrons. The highest BCUT2D eigenvalue weighted by atomic mass is 16.5. The van der Waals surface area contributed by atoms with E-state index in [9.17, 15) is 0 Å². The van der Waals surface area contributed by atoms with Gasteiger partial charge < -0.3 is 15.4 Å². The van der Waals surface area contributed by atoms with Crippen LogP contribution in [0, 0.1) is 0 Å². The molecule has 3 fully saturated rings. The summed E-state index contributed by atoms with van der Waals surface area (Å²) >= 11 is 0. The lowest BCUT2D eigenvalue weighted by molar-refractivity contribution is -0.0162. The molecule has 2 N–H and O–H groups in total. The zero-order valence-corrected chi connectivity index (χ0v) is 9.77. The van der Waals surface area contributed by atoms with Crippen molar-refractivity contribution in [3.05, 3.63) is 0 Å². The van der Waals surface area contributed by atoms with Gasteiger partial charge >= 0.3 is 0 Å².